The van der Waals surface area contributed by atoms with Gasteiger partial charge in [-0.15, -0.1) is 0 Å². The molecule has 3 heterocycles. The van der Waals surface area contributed by atoms with Gasteiger partial charge in [0.1, 0.15) is 5.82 Å². The summed E-state index contributed by atoms with van der Waals surface area (Å²) in [7, 11) is 0. The van der Waals surface area contributed by atoms with Crippen molar-refractivity contribution >= 4 is 5.91 Å². The molecule has 0 aliphatic heterocycles. The van der Waals surface area contributed by atoms with Crippen LogP contribution in [0.25, 0.3) is 5.69 Å². The highest BCUT2D eigenvalue weighted by atomic mass is 16.1. The number of nitrogens with one attached hydrogen (secondary N) is 1. The second-order valence-electron chi connectivity index (χ2n) is 5.16. The number of aromatic amines is 1. The summed E-state index contributed by atoms with van der Waals surface area (Å²) >= 11 is 0. The highest BCUT2D eigenvalue weighted by molar-refractivity contribution is 5.75. The lowest BCUT2D eigenvalue weighted by molar-refractivity contribution is -0.117. The van der Waals surface area contributed by atoms with Crippen LogP contribution in [0.15, 0.2) is 36.9 Å². The second kappa shape index (κ2) is 6.82. The van der Waals surface area contributed by atoms with Crippen molar-refractivity contribution in [2.24, 2.45) is 5.73 Å². The monoisotopic (exact) mass is 311 g/mol. The average Bonchev–Trinajstić information content (AvgIpc) is 3.18. The first-order valence-electron chi connectivity index (χ1n) is 7.33. The minimum Gasteiger partial charge on any atom is -0.369 e. The molecule has 118 valence electrons. The lowest BCUT2D eigenvalue weighted by Gasteiger charge is -2.04. The summed E-state index contributed by atoms with van der Waals surface area (Å²) in [6.45, 7) is 0. The van der Waals surface area contributed by atoms with Crippen LogP contribution < -0.4 is 5.73 Å². The summed E-state index contributed by atoms with van der Waals surface area (Å²) in [6.07, 6.45) is 9.65. The summed E-state index contributed by atoms with van der Waals surface area (Å²) in [6, 6.07) is 3.70. The number of pyridine rings is 1. The van der Waals surface area contributed by atoms with E-state index in [0.717, 1.165) is 36.3 Å². The standard InChI is InChI=1S/C15H17N7O/c16-13(23)8-14-20-15(3-1-2-11-9-18-19-10-11)22(21-14)12-4-6-17-7-5-12/h4-7,9-10H,1-3,8H2,(H2,16,23)(H,18,19). The molecule has 3 N–H and O–H groups in total. The Hall–Kier alpha value is -3.03. The van der Waals surface area contributed by atoms with Gasteiger partial charge < -0.3 is 5.73 Å². The summed E-state index contributed by atoms with van der Waals surface area (Å²) in [5.74, 6) is 0.797. The van der Waals surface area contributed by atoms with Crippen LogP contribution in [0.3, 0.4) is 0 Å². The normalized spacial score (nSPS) is 10.8. The highest BCUT2D eigenvalue weighted by Gasteiger charge is 2.13. The fraction of sp³-hybridized carbons (Fsp3) is 0.267. The Morgan fingerprint density at radius 2 is 2.09 bits per heavy atom. The highest BCUT2D eigenvalue weighted by Crippen LogP contribution is 2.12. The minimum atomic E-state index is -0.443. The predicted octanol–water partition coefficient (Wildman–Crippen LogP) is 0.588. The van der Waals surface area contributed by atoms with Crippen LogP contribution in [0.5, 0.6) is 0 Å². The summed E-state index contributed by atoms with van der Waals surface area (Å²) in [5.41, 5.74) is 7.25. The second-order valence-corrected chi connectivity index (χ2v) is 5.16. The maximum Gasteiger partial charge on any atom is 0.225 e. The molecule has 0 fully saturated rings. The summed E-state index contributed by atoms with van der Waals surface area (Å²) in [5, 5.41) is 11.1. The van der Waals surface area contributed by atoms with Crippen molar-refractivity contribution in [2.45, 2.75) is 25.7 Å². The summed E-state index contributed by atoms with van der Waals surface area (Å²) in [4.78, 5) is 19.6. The molecule has 0 aliphatic rings. The Morgan fingerprint density at radius 1 is 1.26 bits per heavy atom. The van der Waals surface area contributed by atoms with Crippen LogP contribution in [-0.2, 0) is 24.1 Å². The first kappa shape index (κ1) is 14.9. The molecule has 0 radical (unpaired) electrons. The lowest BCUT2D eigenvalue weighted by atomic mass is 10.1. The smallest absolute Gasteiger partial charge is 0.225 e. The average molecular weight is 311 g/mol. The van der Waals surface area contributed by atoms with Gasteiger partial charge in [0.2, 0.25) is 5.91 Å². The Morgan fingerprint density at radius 3 is 2.78 bits per heavy atom. The van der Waals surface area contributed by atoms with E-state index in [0.29, 0.717) is 5.82 Å². The third kappa shape index (κ3) is 3.79. The van der Waals surface area contributed by atoms with Crippen molar-refractivity contribution in [3.05, 3.63) is 54.1 Å². The predicted molar refractivity (Wildman–Crippen MR) is 82.7 cm³/mol. The first-order valence-corrected chi connectivity index (χ1v) is 7.33. The topological polar surface area (TPSA) is 115 Å². The van der Waals surface area contributed by atoms with Gasteiger partial charge in [-0.1, -0.05) is 0 Å². The van der Waals surface area contributed by atoms with Gasteiger partial charge in [0, 0.05) is 25.0 Å². The van der Waals surface area contributed by atoms with Crippen molar-refractivity contribution in [1.82, 2.24) is 29.9 Å². The zero-order chi connectivity index (χ0) is 16.1. The van der Waals surface area contributed by atoms with Crippen LogP contribution in [0.1, 0.15) is 23.6 Å². The van der Waals surface area contributed by atoms with E-state index in [-0.39, 0.29) is 6.42 Å². The molecule has 0 atom stereocenters. The molecule has 3 rings (SSSR count). The van der Waals surface area contributed by atoms with Crippen molar-refractivity contribution in [2.75, 3.05) is 0 Å². The number of H-pyrrole nitrogens is 1. The maximum atomic E-state index is 11.1. The third-order valence-corrected chi connectivity index (χ3v) is 3.38. The van der Waals surface area contributed by atoms with E-state index in [9.17, 15) is 4.79 Å². The van der Waals surface area contributed by atoms with Gasteiger partial charge in [-0.2, -0.15) is 10.2 Å². The number of aryl methyl sites for hydroxylation is 2. The van der Waals surface area contributed by atoms with E-state index in [1.54, 1.807) is 17.1 Å². The molecule has 0 saturated heterocycles. The number of hydrogen-bond acceptors (Lipinski definition) is 5. The molecule has 0 aromatic carbocycles. The third-order valence-electron chi connectivity index (χ3n) is 3.38. The quantitative estimate of drug-likeness (QED) is 0.662. The zero-order valence-electron chi connectivity index (χ0n) is 12.5. The van der Waals surface area contributed by atoms with E-state index in [1.165, 1.54) is 0 Å². The van der Waals surface area contributed by atoms with Gasteiger partial charge in [0.15, 0.2) is 5.82 Å². The molecular formula is C15H17N7O. The van der Waals surface area contributed by atoms with Gasteiger partial charge in [0.05, 0.1) is 18.3 Å². The molecule has 3 aromatic heterocycles. The molecule has 8 nitrogen and oxygen atoms in total. The lowest BCUT2D eigenvalue weighted by Crippen LogP contribution is -2.14. The molecule has 8 heteroatoms. The molecule has 3 aromatic rings. The van der Waals surface area contributed by atoms with Crippen LogP contribution in [0, 0.1) is 0 Å². The maximum absolute atomic E-state index is 11.1. The zero-order valence-corrected chi connectivity index (χ0v) is 12.5. The van der Waals surface area contributed by atoms with Crippen LogP contribution >= 0.6 is 0 Å². The van der Waals surface area contributed by atoms with E-state index in [2.05, 4.69) is 25.3 Å². The van der Waals surface area contributed by atoms with E-state index >= 15 is 0 Å². The van der Waals surface area contributed by atoms with Gasteiger partial charge in [-0.3, -0.25) is 14.9 Å². The number of amides is 1. The molecular weight excluding hydrogens is 294 g/mol. The van der Waals surface area contributed by atoms with Gasteiger partial charge >= 0.3 is 0 Å². The number of aromatic nitrogens is 6. The molecule has 0 saturated carbocycles. The Bertz CT molecular complexity index is 764. The van der Waals surface area contributed by atoms with Crippen molar-refractivity contribution in [3.8, 4) is 5.69 Å². The van der Waals surface area contributed by atoms with Crippen LogP contribution in [-0.4, -0.2) is 35.9 Å². The molecule has 1 amide bonds. The van der Waals surface area contributed by atoms with Gasteiger partial charge in [0.25, 0.3) is 0 Å². The number of hydrogen-bond donors (Lipinski definition) is 2. The fourth-order valence-electron chi connectivity index (χ4n) is 2.34. The molecule has 23 heavy (non-hydrogen) atoms. The number of nitrogens with zero attached hydrogens (tertiary/aromatic N) is 5. The fourth-order valence-corrected chi connectivity index (χ4v) is 2.34. The molecule has 0 unspecified atom stereocenters. The SMILES string of the molecule is NC(=O)Cc1nc(CCCc2cn[nH]c2)n(-c2ccncc2)n1. The van der Waals surface area contributed by atoms with Crippen LogP contribution in [0.4, 0.5) is 0 Å². The molecule has 0 aliphatic carbocycles. The Kier molecular flexibility index (Phi) is 4.41. The Labute approximate surface area is 132 Å². The number of rotatable bonds is 7. The largest absolute Gasteiger partial charge is 0.369 e. The molecule has 0 bridgehead atoms. The number of carbonyl (C=O) groups excluding carboxylic acids is 1. The van der Waals surface area contributed by atoms with Crippen LogP contribution in [0.2, 0.25) is 0 Å². The Balaban J connectivity index is 1.78. The molecule has 0 spiro atoms. The van der Waals surface area contributed by atoms with E-state index in [1.807, 2.05) is 24.5 Å². The van der Waals surface area contributed by atoms with Crippen molar-refractivity contribution in [1.29, 1.82) is 0 Å². The van der Waals surface area contributed by atoms with Crippen molar-refractivity contribution in [3.63, 3.8) is 0 Å². The van der Waals surface area contributed by atoms with E-state index in [4.69, 9.17) is 5.73 Å². The van der Waals surface area contributed by atoms with Gasteiger partial charge in [-0.05, 0) is 30.5 Å². The number of carbonyl (C=O) groups is 1. The number of primary amides is 1. The summed E-state index contributed by atoms with van der Waals surface area (Å²) < 4.78 is 1.75. The van der Waals surface area contributed by atoms with Gasteiger partial charge in [-0.25, -0.2) is 9.67 Å². The number of nitrogens with two attached hydrogens (primary N) is 1. The minimum absolute atomic E-state index is 0.0345. The van der Waals surface area contributed by atoms with E-state index < -0.39 is 5.91 Å². The van der Waals surface area contributed by atoms with Crippen molar-refractivity contribution < 1.29 is 4.79 Å². The first-order chi connectivity index (χ1) is 11.2.